The van der Waals surface area contributed by atoms with E-state index in [9.17, 15) is 13.2 Å². The van der Waals surface area contributed by atoms with Gasteiger partial charge in [-0.05, 0) is 56.3 Å². The van der Waals surface area contributed by atoms with Gasteiger partial charge in [0.2, 0.25) is 15.9 Å². The third kappa shape index (κ3) is 5.20. The number of hydrogen-bond acceptors (Lipinski definition) is 5. The predicted molar refractivity (Wildman–Crippen MR) is 104 cm³/mol. The van der Waals surface area contributed by atoms with Crippen molar-refractivity contribution in [2.24, 2.45) is 5.92 Å². The van der Waals surface area contributed by atoms with Gasteiger partial charge in [0.1, 0.15) is 0 Å². The first-order valence-electron chi connectivity index (χ1n) is 9.02. The third-order valence-electron chi connectivity index (χ3n) is 5.02. The first kappa shape index (κ1) is 21.6. The van der Waals surface area contributed by atoms with Gasteiger partial charge in [-0.15, -0.1) is 12.4 Å². The molecule has 2 unspecified atom stereocenters. The fourth-order valence-electron chi connectivity index (χ4n) is 3.56. The molecule has 2 heterocycles. The number of hydrogen-bond donors (Lipinski definition) is 2. The minimum Gasteiger partial charge on any atom is -0.354 e. The molecular weight excluding hydrogens is 388 g/mol. The minimum atomic E-state index is -3.62. The molecule has 0 radical (unpaired) electrons. The Morgan fingerprint density at radius 2 is 2.15 bits per heavy atom. The van der Waals surface area contributed by atoms with E-state index >= 15 is 0 Å². The second-order valence-electron chi connectivity index (χ2n) is 6.91. The van der Waals surface area contributed by atoms with Gasteiger partial charge in [0.15, 0.2) is 0 Å². The number of rotatable bonds is 5. The molecule has 0 saturated carbocycles. The zero-order valence-corrected chi connectivity index (χ0v) is 16.7. The van der Waals surface area contributed by atoms with Gasteiger partial charge in [0.05, 0.1) is 22.6 Å². The number of nitriles is 1. The molecule has 2 aliphatic rings. The molecular formula is C18H25ClN4O3S. The van der Waals surface area contributed by atoms with Crippen LogP contribution in [0.1, 0.15) is 31.2 Å². The molecule has 2 N–H and O–H groups in total. The van der Waals surface area contributed by atoms with Gasteiger partial charge in [-0.2, -0.15) is 9.57 Å². The normalized spacial score (nSPS) is 23.2. The van der Waals surface area contributed by atoms with Crippen LogP contribution in [-0.4, -0.2) is 50.9 Å². The molecule has 2 aliphatic heterocycles. The molecule has 2 saturated heterocycles. The Morgan fingerprint density at radius 3 is 2.85 bits per heavy atom. The van der Waals surface area contributed by atoms with Crippen LogP contribution in [0.4, 0.5) is 0 Å². The molecule has 1 aromatic carbocycles. The number of sulfonamides is 1. The molecule has 0 spiro atoms. The van der Waals surface area contributed by atoms with Crippen molar-refractivity contribution in [2.75, 3.05) is 26.2 Å². The number of carbonyl (C=O) groups is 1. The van der Waals surface area contributed by atoms with Crippen molar-refractivity contribution in [3.8, 4) is 6.07 Å². The molecule has 0 bridgehead atoms. The predicted octanol–water partition coefficient (Wildman–Crippen LogP) is 1.25. The van der Waals surface area contributed by atoms with Crippen molar-refractivity contribution in [2.45, 2.75) is 36.6 Å². The highest BCUT2D eigenvalue weighted by molar-refractivity contribution is 7.89. The summed E-state index contributed by atoms with van der Waals surface area (Å²) in [7, 11) is -3.62. The standard InChI is InChI=1S/C18H24N4O3S.ClH/c19-11-14-4-1-6-16(10-14)26(24,25)22-9-3-5-15(13-22)12-21-18(23)17-7-2-8-20-17;/h1,4,6,10,15,17,20H,2-3,5,7-9,12-13H2,(H,21,23);1H. The number of nitrogens with zero attached hydrogens (tertiary/aromatic N) is 2. The van der Waals surface area contributed by atoms with E-state index < -0.39 is 10.0 Å². The molecule has 3 rings (SSSR count). The second-order valence-corrected chi connectivity index (χ2v) is 8.84. The van der Waals surface area contributed by atoms with Crippen LogP contribution >= 0.6 is 12.4 Å². The lowest BCUT2D eigenvalue weighted by molar-refractivity contribution is -0.123. The maximum Gasteiger partial charge on any atom is 0.243 e. The molecule has 27 heavy (non-hydrogen) atoms. The number of amides is 1. The number of piperidine rings is 1. The second kappa shape index (κ2) is 9.51. The van der Waals surface area contributed by atoms with E-state index in [0.717, 1.165) is 32.2 Å². The highest BCUT2D eigenvalue weighted by Crippen LogP contribution is 2.24. The zero-order chi connectivity index (χ0) is 18.6. The Labute approximate surface area is 166 Å². The van der Waals surface area contributed by atoms with Crippen molar-refractivity contribution in [3.05, 3.63) is 29.8 Å². The number of benzene rings is 1. The fourth-order valence-corrected chi connectivity index (χ4v) is 5.16. The summed E-state index contributed by atoms with van der Waals surface area (Å²) >= 11 is 0. The van der Waals surface area contributed by atoms with E-state index in [1.165, 1.54) is 16.4 Å². The number of halogens is 1. The van der Waals surface area contributed by atoms with Crippen molar-refractivity contribution in [3.63, 3.8) is 0 Å². The van der Waals surface area contributed by atoms with Crippen molar-refractivity contribution in [1.82, 2.24) is 14.9 Å². The van der Waals surface area contributed by atoms with Crippen LogP contribution in [0.5, 0.6) is 0 Å². The molecule has 1 aromatic rings. The van der Waals surface area contributed by atoms with E-state index in [2.05, 4.69) is 10.6 Å². The number of carbonyl (C=O) groups excluding carboxylic acids is 1. The van der Waals surface area contributed by atoms with Crippen LogP contribution in [-0.2, 0) is 14.8 Å². The maximum absolute atomic E-state index is 12.9. The average Bonchev–Trinajstić information content (AvgIpc) is 3.21. The molecule has 2 atom stereocenters. The summed E-state index contributed by atoms with van der Waals surface area (Å²) in [4.78, 5) is 12.3. The highest BCUT2D eigenvalue weighted by Gasteiger charge is 2.31. The monoisotopic (exact) mass is 412 g/mol. The van der Waals surface area contributed by atoms with E-state index in [0.29, 0.717) is 25.2 Å². The lowest BCUT2D eigenvalue weighted by atomic mass is 9.99. The quantitative estimate of drug-likeness (QED) is 0.757. The Hall–Kier alpha value is -1.66. The van der Waals surface area contributed by atoms with Crippen LogP contribution in [0.3, 0.4) is 0 Å². The molecule has 2 fully saturated rings. The fraction of sp³-hybridized carbons (Fsp3) is 0.556. The molecule has 0 aromatic heterocycles. The summed E-state index contributed by atoms with van der Waals surface area (Å²) in [5.41, 5.74) is 0.330. The molecule has 0 aliphatic carbocycles. The van der Waals surface area contributed by atoms with Gasteiger partial charge in [-0.1, -0.05) is 6.07 Å². The lowest BCUT2D eigenvalue weighted by Crippen LogP contribution is -2.46. The van der Waals surface area contributed by atoms with Crippen molar-refractivity contribution < 1.29 is 13.2 Å². The summed E-state index contributed by atoms with van der Waals surface area (Å²) in [6, 6.07) is 7.96. The van der Waals surface area contributed by atoms with Gasteiger partial charge in [-0.3, -0.25) is 4.79 Å². The van der Waals surface area contributed by atoms with Crippen LogP contribution < -0.4 is 10.6 Å². The molecule has 9 heteroatoms. The van der Waals surface area contributed by atoms with Crippen molar-refractivity contribution in [1.29, 1.82) is 5.26 Å². The Balaban J connectivity index is 0.00000261. The molecule has 148 valence electrons. The Morgan fingerprint density at radius 1 is 1.33 bits per heavy atom. The molecule has 1 amide bonds. The maximum atomic E-state index is 12.9. The Kier molecular flexibility index (Phi) is 7.62. The Bertz CT molecular complexity index is 803. The van der Waals surface area contributed by atoms with E-state index in [1.54, 1.807) is 12.1 Å². The summed E-state index contributed by atoms with van der Waals surface area (Å²) in [5, 5.41) is 15.1. The van der Waals surface area contributed by atoms with Crippen LogP contribution in [0.2, 0.25) is 0 Å². The largest absolute Gasteiger partial charge is 0.354 e. The summed E-state index contributed by atoms with van der Waals surface area (Å²) in [5.74, 6) is 0.104. The smallest absolute Gasteiger partial charge is 0.243 e. The van der Waals surface area contributed by atoms with Crippen molar-refractivity contribution >= 4 is 28.3 Å². The summed E-state index contributed by atoms with van der Waals surface area (Å²) in [6.07, 6.45) is 3.52. The van der Waals surface area contributed by atoms with Crippen LogP contribution in [0.25, 0.3) is 0 Å². The third-order valence-corrected chi connectivity index (χ3v) is 6.89. The van der Waals surface area contributed by atoms with Gasteiger partial charge in [0, 0.05) is 19.6 Å². The van der Waals surface area contributed by atoms with E-state index in [-0.39, 0.29) is 35.2 Å². The summed E-state index contributed by atoms with van der Waals surface area (Å²) in [6.45, 7) is 2.21. The lowest BCUT2D eigenvalue weighted by Gasteiger charge is -2.32. The first-order valence-corrected chi connectivity index (χ1v) is 10.5. The molecule has 7 nitrogen and oxygen atoms in total. The van der Waals surface area contributed by atoms with Gasteiger partial charge >= 0.3 is 0 Å². The number of nitrogens with one attached hydrogen (secondary N) is 2. The summed E-state index contributed by atoms with van der Waals surface area (Å²) < 4.78 is 27.2. The zero-order valence-electron chi connectivity index (χ0n) is 15.1. The first-order chi connectivity index (χ1) is 12.5. The topological polar surface area (TPSA) is 102 Å². The SMILES string of the molecule is Cl.N#Cc1cccc(S(=O)(=O)N2CCCC(CNC(=O)C3CCCN3)C2)c1. The van der Waals surface area contributed by atoms with E-state index in [1.807, 2.05) is 6.07 Å². The highest BCUT2D eigenvalue weighted by atomic mass is 35.5. The van der Waals surface area contributed by atoms with Crippen LogP contribution in [0.15, 0.2) is 29.2 Å². The average molecular weight is 413 g/mol. The minimum absolute atomic E-state index is 0. The van der Waals surface area contributed by atoms with Crippen LogP contribution in [0, 0.1) is 17.2 Å². The van der Waals surface area contributed by atoms with E-state index in [4.69, 9.17) is 5.26 Å². The van der Waals surface area contributed by atoms with Gasteiger partial charge in [-0.25, -0.2) is 8.42 Å². The van der Waals surface area contributed by atoms with Gasteiger partial charge < -0.3 is 10.6 Å². The van der Waals surface area contributed by atoms with Gasteiger partial charge in [0.25, 0.3) is 0 Å².